The molecule has 0 aliphatic carbocycles. The molecule has 0 aliphatic rings. The van der Waals surface area contributed by atoms with Gasteiger partial charge in [0.15, 0.2) is 0 Å². The molecule has 3 rings (SSSR count). The van der Waals surface area contributed by atoms with Crippen LogP contribution in [-0.4, -0.2) is 9.55 Å². The molecule has 0 aliphatic heterocycles. The Hall–Kier alpha value is -2.59. The third kappa shape index (κ3) is 5.19. The summed E-state index contributed by atoms with van der Waals surface area (Å²) in [6.45, 7) is 6.44. The van der Waals surface area contributed by atoms with Crippen molar-refractivity contribution in [3.8, 4) is 5.75 Å². The second-order valence-corrected chi connectivity index (χ2v) is 6.43. The van der Waals surface area contributed by atoms with E-state index in [4.69, 9.17) is 4.74 Å². The zero-order valence-electron chi connectivity index (χ0n) is 14.9. The molecule has 0 spiro atoms. The van der Waals surface area contributed by atoms with E-state index in [-0.39, 0.29) is 0 Å². The Morgan fingerprint density at radius 3 is 2.56 bits per heavy atom. The number of rotatable bonds is 8. The van der Waals surface area contributed by atoms with Gasteiger partial charge in [-0.15, -0.1) is 0 Å². The molecule has 2 aromatic carbocycles. The fourth-order valence-corrected chi connectivity index (χ4v) is 2.57. The van der Waals surface area contributed by atoms with Crippen LogP contribution < -0.4 is 10.1 Å². The monoisotopic (exact) mass is 335 g/mol. The smallest absolute Gasteiger partial charge is 0.120 e. The lowest BCUT2D eigenvalue weighted by atomic mass is 10.2. The second kappa shape index (κ2) is 8.49. The minimum absolute atomic E-state index is 0.444. The Balaban J connectivity index is 1.49. The molecule has 3 aromatic rings. The van der Waals surface area contributed by atoms with Gasteiger partial charge in [0.05, 0.1) is 12.0 Å². The highest BCUT2D eigenvalue weighted by atomic mass is 16.5. The van der Waals surface area contributed by atoms with Gasteiger partial charge in [0.1, 0.15) is 12.4 Å². The molecular formula is C21H25N3O. The summed E-state index contributed by atoms with van der Waals surface area (Å²) < 4.78 is 8.00. The minimum atomic E-state index is 0.444. The van der Waals surface area contributed by atoms with E-state index in [1.54, 1.807) is 0 Å². The van der Waals surface area contributed by atoms with Gasteiger partial charge in [-0.2, -0.15) is 0 Å². The first-order valence-corrected chi connectivity index (χ1v) is 8.69. The predicted molar refractivity (Wildman–Crippen MR) is 100 cm³/mol. The SMILES string of the molecule is CC(C)n1cnc(CNCc2cccc(OCc3ccccc3)c2)c1. The molecule has 4 nitrogen and oxygen atoms in total. The number of nitrogens with one attached hydrogen (secondary N) is 1. The first kappa shape index (κ1) is 17.2. The maximum absolute atomic E-state index is 5.88. The Bertz CT molecular complexity index is 781. The molecule has 130 valence electrons. The van der Waals surface area contributed by atoms with E-state index in [1.165, 1.54) is 11.1 Å². The van der Waals surface area contributed by atoms with E-state index in [0.29, 0.717) is 12.6 Å². The molecule has 0 radical (unpaired) electrons. The number of benzene rings is 2. The van der Waals surface area contributed by atoms with Crippen molar-refractivity contribution in [3.63, 3.8) is 0 Å². The fraction of sp³-hybridized carbons (Fsp3) is 0.286. The van der Waals surface area contributed by atoms with Gasteiger partial charge in [-0.1, -0.05) is 42.5 Å². The molecule has 1 heterocycles. The maximum atomic E-state index is 5.88. The van der Waals surface area contributed by atoms with E-state index in [9.17, 15) is 0 Å². The molecule has 25 heavy (non-hydrogen) atoms. The lowest BCUT2D eigenvalue weighted by Gasteiger charge is -2.09. The van der Waals surface area contributed by atoms with Crippen LogP contribution in [-0.2, 0) is 19.7 Å². The van der Waals surface area contributed by atoms with E-state index in [0.717, 1.165) is 24.5 Å². The molecule has 0 atom stereocenters. The Labute approximate surface area is 149 Å². The van der Waals surface area contributed by atoms with Crippen LogP contribution >= 0.6 is 0 Å². The highest BCUT2D eigenvalue weighted by Crippen LogP contribution is 2.15. The number of hydrogen-bond acceptors (Lipinski definition) is 3. The average molecular weight is 335 g/mol. The molecule has 0 bridgehead atoms. The van der Waals surface area contributed by atoms with Crippen LogP contribution in [0.2, 0.25) is 0 Å². The van der Waals surface area contributed by atoms with E-state index in [1.807, 2.05) is 36.7 Å². The van der Waals surface area contributed by atoms with Gasteiger partial charge in [0.25, 0.3) is 0 Å². The van der Waals surface area contributed by atoms with Gasteiger partial charge < -0.3 is 14.6 Å². The van der Waals surface area contributed by atoms with Crippen LogP contribution in [0.3, 0.4) is 0 Å². The zero-order valence-corrected chi connectivity index (χ0v) is 14.9. The summed E-state index contributed by atoms with van der Waals surface area (Å²) in [5.41, 5.74) is 3.44. The van der Waals surface area contributed by atoms with Crippen molar-refractivity contribution < 1.29 is 4.74 Å². The van der Waals surface area contributed by atoms with Gasteiger partial charge in [-0.3, -0.25) is 0 Å². The highest BCUT2D eigenvalue weighted by Gasteiger charge is 2.02. The van der Waals surface area contributed by atoms with Crippen LogP contribution in [0.25, 0.3) is 0 Å². The first-order valence-electron chi connectivity index (χ1n) is 8.69. The van der Waals surface area contributed by atoms with Crippen molar-refractivity contribution in [2.45, 2.75) is 39.6 Å². The summed E-state index contributed by atoms with van der Waals surface area (Å²) in [7, 11) is 0. The minimum Gasteiger partial charge on any atom is -0.489 e. The molecule has 1 aromatic heterocycles. The summed E-state index contributed by atoms with van der Waals surface area (Å²) in [5.74, 6) is 0.896. The molecule has 0 unspecified atom stereocenters. The summed E-state index contributed by atoms with van der Waals surface area (Å²) in [6, 6.07) is 18.9. The van der Waals surface area contributed by atoms with Gasteiger partial charge in [-0.05, 0) is 37.1 Å². The molecule has 0 saturated heterocycles. The Morgan fingerprint density at radius 2 is 1.80 bits per heavy atom. The maximum Gasteiger partial charge on any atom is 0.120 e. The topological polar surface area (TPSA) is 39.1 Å². The molecule has 0 saturated carbocycles. The fourth-order valence-electron chi connectivity index (χ4n) is 2.57. The quantitative estimate of drug-likeness (QED) is 0.666. The normalized spacial score (nSPS) is 11.0. The predicted octanol–water partition coefficient (Wildman–Crippen LogP) is 4.33. The third-order valence-electron chi connectivity index (χ3n) is 4.03. The van der Waals surface area contributed by atoms with Gasteiger partial charge >= 0.3 is 0 Å². The van der Waals surface area contributed by atoms with Crippen LogP contribution in [0.4, 0.5) is 0 Å². The largest absolute Gasteiger partial charge is 0.489 e. The first-order chi connectivity index (χ1) is 12.2. The summed E-state index contributed by atoms with van der Waals surface area (Å²) in [5, 5.41) is 3.44. The zero-order chi connectivity index (χ0) is 17.5. The standard InChI is InChI=1S/C21H25N3O/c1-17(2)24-14-20(23-16-24)13-22-12-19-9-6-10-21(11-19)25-15-18-7-4-3-5-8-18/h3-11,14,16-17,22H,12-13,15H2,1-2H3. The Morgan fingerprint density at radius 1 is 1.00 bits per heavy atom. The number of ether oxygens (including phenoxy) is 1. The molecule has 0 fully saturated rings. The highest BCUT2D eigenvalue weighted by molar-refractivity contribution is 5.29. The lowest BCUT2D eigenvalue weighted by molar-refractivity contribution is 0.306. The third-order valence-corrected chi connectivity index (χ3v) is 4.03. The lowest BCUT2D eigenvalue weighted by Crippen LogP contribution is -2.13. The Kier molecular flexibility index (Phi) is 5.86. The van der Waals surface area contributed by atoms with E-state index < -0.39 is 0 Å². The van der Waals surface area contributed by atoms with Crippen LogP contribution in [0.1, 0.15) is 36.7 Å². The molecule has 0 amide bonds. The van der Waals surface area contributed by atoms with Crippen LogP contribution in [0.15, 0.2) is 67.1 Å². The van der Waals surface area contributed by atoms with Crippen molar-refractivity contribution in [2.75, 3.05) is 0 Å². The van der Waals surface area contributed by atoms with E-state index >= 15 is 0 Å². The van der Waals surface area contributed by atoms with Crippen molar-refractivity contribution in [2.24, 2.45) is 0 Å². The van der Waals surface area contributed by atoms with E-state index in [2.05, 4.69) is 59.2 Å². The van der Waals surface area contributed by atoms with Gasteiger partial charge in [-0.25, -0.2) is 4.98 Å². The second-order valence-electron chi connectivity index (χ2n) is 6.43. The number of nitrogens with zero attached hydrogens (tertiary/aromatic N) is 2. The number of aromatic nitrogens is 2. The number of imidazole rings is 1. The number of hydrogen-bond donors (Lipinski definition) is 1. The van der Waals surface area contributed by atoms with Crippen molar-refractivity contribution in [3.05, 3.63) is 83.9 Å². The average Bonchev–Trinajstić information content (AvgIpc) is 3.11. The van der Waals surface area contributed by atoms with Crippen LogP contribution in [0, 0.1) is 0 Å². The van der Waals surface area contributed by atoms with Crippen molar-refractivity contribution >= 4 is 0 Å². The molecular weight excluding hydrogens is 310 g/mol. The summed E-state index contributed by atoms with van der Waals surface area (Å²) in [6.07, 6.45) is 3.98. The molecule has 4 heteroatoms. The van der Waals surface area contributed by atoms with Gasteiger partial charge in [0.2, 0.25) is 0 Å². The summed E-state index contributed by atoms with van der Waals surface area (Å²) >= 11 is 0. The van der Waals surface area contributed by atoms with Crippen molar-refractivity contribution in [1.82, 2.24) is 14.9 Å². The van der Waals surface area contributed by atoms with Crippen LogP contribution in [0.5, 0.6) is 5.75 Å². The van der Waals surface area contributed by atoms with Gasteiger partial charge in [0, 0.05) is 25.3 Å². The molecule has 1 N–H and O–H groups in total. The summed E-state index contributed by atoms with van der Waals surface area (Å²) in [4.78, 5) is 4.42. The van der Waals surface area contributed by atoms with Crippen molar-refractivity contribution in [1.29, 1.82) is 0 Å².